The van der Waals surface area contributed by atoms with Crippen LogP contribution in [0.25, 0.3) is 0 Å². The zero-order chi connectivity index (χ0) is 13.5. The predicted molar refractivity (Wildman–Crippen MR) is 78.5 cm³/mol. The van der Waals surface area contributed by atoms with Crippen molar-refractivity contribution in [1.82, 2.24) is 9.97 Å². The molecule has 0 aliphatic heterocycles. The van der Waals surface area contributed by atoms with Crippen LogP contribution < -0.4 is 10.6 Å². The third kappa shape index (κ3) is 3.51. The van der Waals surface area contributed by atoms with E-state index in [1.54, 1.807) is 6.33 Å². The van der Waals surface area contributed by atoms with Crippen LogP contribution in [0.15, 0.2) is 42.7 Å². The van der Waals surface area contributed by atoms with Crippen LogP contribution in [0.4, 0.5) is 11.5 Å². The van der Waals surface area contributed by atoms with Gasteiger partial charge in [-0.25, -0.2) is 9.97 Å². The van der Waals surface area contributed by atoms with E-state index in [0.29, 0.717) is 6.54 Å². The van der Waals surface area contributed by atoms with E-state index >= 15 is 0 Å². The molecule has 0 aliphatic rings. The summed E-state index contributed by atoms with van der Waals surface area (Å²) < 4.78 is 0. The van der Waals surface area contributed by atoms with E-state index in [0.717, 1.165) is 36.6 Å². The maximum Gasteiger partial charge on any atom is 0.136 e. The van der Waals surface area contributed by atoms with Gasteiger partial charge in [-0.15, -0.1) is 0 Å². The number of aryl methyl sites for hydroxylation is 1. The van der Waals surface area contributed by atoms with Crippen molar-refractivity contribution in [2.24, 2.45) is 5.73 Å². The standard InChI is InChI=1S/C15H20N4/c1-2-13-11-15(18-12-17-13)19(10-6-9-16)14-7-4-3-5-8-14/h3-5,7-8,11-12H,2,6,9-10,16H2,1H3. The highest BCUT2D eigenvalue weighted by Crippen LogP contribution is 2.23. The lowest BCUT2D eigenvalue weighted by Crippen LogP contribution is -2.22. The van der Waals surface area contributed by atoms with Crippen molar-refractivity contribution in [2.45, 2.75) is 19.8 Å². The molecule has 0 aliphatic carbocycles. The number of benzene rings is 1. The molecule has 1 aromatic heterocycles. The molecule has 1 aromatic carbocycles. The molecule has 0 unspecified atom stereocenters. The molecular weight excluding hydrogens is 236 g/mol. The Morgan fingerprint density at radius 3 is 2.63 bits per heavy atom. The molecule has 4 nitrogen and oxygen atoms in total. The van der Waals surface area contributed by atoms with Gasteiger partial charge >= 0.3 is 0 Å². The summed E-state index contributed by atoms with van der Waals surface area (Å²) in [4.78, 5) is 10.8. The van der Waals surface area contributed by atoms with Crippen molar-refractivity contribution in [3.8, 4) is 0 Å². The molecule has 0 spiro atoms. The summed E-state index contributed by atoms with van der Waals surface area (Å²) in [6, 6.07) is 12.3. The fourth-order valence-electron chi connectivity index (χ4n) is 1.96. The van der Waals surface area contributed by atoms with Crippen molar-refractivity contribution >= 4 is 11.5 Å². The van der Waals surface area contributed by atoms with E-state index in [4.69, 9.17) is 5.73 Å². The van der Waals surface area contributed by atoms with Crippen molar-refractivity contribution in [1.29, 1.82) is 0 Å². The zero-order valence-corrected chi connectivity index (χ0v) is 11.3. The lowest BCUT2D eigenvalue weighted by atomic mass is 10.2. The third-order valence-corrected chi connectivity index (χ3v) is 3.00. The highest BCUT2D eigenvalue weighted by Gasteiger charge is 2.10. The fraction of sp³-hybridized carbons (Fsp3) is 0.333. The van der Waals surface area contributed by atoms with E-state index < -0.39 is 0 Å². The molecule has 2 aromatic rings. The summed E-state index contributed by atoms with van der Waals surface area (Å²) >= 11 is 0. The number of para-hydroxylation sites is 1. The van der Waals surface area contributed by atoms with Gasteiger partial charge in [0.25, 0.3) is 0 Å². The van der Waals surface area contributed by atoms with Crippen LogP contribution in [0.3, 0.4) is 0 Å². The summed E-state index contributed by atoms with van der Waals surface area (Å²) in [5, 5.41) is 0. The Morgan fingerprint density at radius 1 is 1.16 bits per heavy atom. The fourth-order valence-corrected chi connectivity index (χ4v) is 1.96. The van der Waals surface area contributed by atoms with Crippen LogP contribution in [-0.4, -0.2) is 23.1 Å². The highest BCUT2D eigenvalue weighted by atomic mass is 15.2. The van der Waals surface area contributed by atoms with Crippen LogP contribution in [0.1, 0.15) is 19.0 Å². The second-order valence-electron chi connectivity index (χ2n) is 4.35. The summed E-state index contributed by atoms with van der Waals surface area (Å²) in [6.45, 7) is 3.63. The predicted octanol–water partition coefficient (Wildman–Crippen LogP) is 2.53. The molecule has 4 heteroatoms. The molecule has 19 heavy (non-hydrogen) atoms. The van der Waals surface area contributed by atoms with Gasteiger partial charge in [0.05, 0.1) is 0 Å². The van der Waals surface area contributed by atoms with Crippen LogP contribution in [0, 0.1) is 0 Å². The van der Waals surface area contributed by atoms with Gasteiger partial charge in [0.1, 0.15) is 12.1 Å². The molecule has 100 valence electrons. The van der Waals surface area contributed by atoms with Gasteiger partial charge in [0.15, 0.2) is 0 Å². The zero-order valence-electron chi connectivity index (χ0n) is 11.3. The van der Waals surface area contributed by atoms with Crippen molar-refractivity contribution in [3.05, 3.63) is 48.4 Å². The van der Waals surface area contributed by atoms with Crippen LogP contribution in [0.2, 0.25) is 0 Å². The first-order valence-corrected chi connectivity index (χ1v) is 6.68. The van der Waals surface area contributed by atoms with Gasteiger partial charge < -0.3 is 10.6 Å². The molecule has 0 radical (unpaired) electrons. The molecule has 0 bridgehead atoms. The maximum absolute atomic E-state index is 5.63. The monoisotopic (exact) mass is 256 g/mol. The highest BCUT2D eigenvalue weighted by molar-refractivity contribution is 5.59. The van der Waals surface area contributed by atoms with Gasteiger partial charge in [0, 0.05) is 24.0 Å². The normalized spacial score (nSPS) is 10.4. The Labute approximate surface area is 114 Å². The van der Waals surface area contributed by atoms with Crippen molar-refractivity contribution in [2.75, 3.05) is 18.0 Å². The molecule has 1 heterocycles. The first-order valence-electron chi connectivity index (χ1n) is 6.68. The Kier molecular flexibility index (Phi) is 4.86. The van der Waals surface area contributed by atoms with E-state index in [1.165, 1.54) is 0 Å². The first kappa shape index (κ1) is 13.5. The van der Waals surface area contributed by atoms with E-state index in [2.05, 4.69) is 33.9 Å². The molecular formula is C15H20N4. The lowest BCUT2D eigenvalue weighted by molar-refractivity contribution is 0.806. The second kappa shape index (κ2) is 6.85. The largest absolute Gasteiger partial charge is 0.330 e. The Bertz CT molecular complexity index is 499. The van der Waals surface area contributed by atoms with Crippen LogP contribution in [0.5, 0.6) is 0 Å². The second-order valence-corrected chi connectivity index (χ2v) is 4.35. The SMILES string of the molecule is CCc1cc(N(CCCN)c2ccccc2)ncn1. The number of rotatable bonds is 6. The van der Waals surface area contributed by atoms with E-state index in [9.17, 15) is 0 Å². The topological polar surface area (TPSA) is 55.0 Å². The van der Waals surface area contributed by atoms with Crippen LogP contribution >= 0.6 is 0 Å². The lowest BCUT2D eigenvalue weighted by Gasteiger charge is -2.23. The summed E-state index contributed by atoms with van der Waals surface area (Å²) in [7, 11) is 0. The smallest absolute Gasteiger partial charge is 0.136 e. The van der Waals surface area contributed by atoms with Gasteiger partial charge in [-0.2, -0.15) is 0 Å². The minimum Gasteiger partial charge on any atom is -0.330 e. The van der Waals surface area contributed by atoms with Crippen LogP contribution in [-0.2, 0) is 6.42 Å². The van der Waals surface area contributed by atoms with E-state index in [-0.39, 0.29) is 0 Å². The number of hydrogen-bond acceptors (Lipinski definition) is 4. The first-order chi connectivity index (χ1) is 9.35. The van der Waals surface area contributed by atoms with Crippen molar-refractivity contribution < 1.29 is 0 Å². The molecule has 0 saturated carbocycles. The molecule has 2 rings (SSSR count). The number of aromatic nitrogens is 2. The Balaban J connectivity index is 2.31. The summed E-state index contributed by atoms with van der Waals surface area (Å²) in [5.41, 5.74) is 7.82. The molecule has 0 fully saturated rings. The van der Waals surface area contributed by atoms with Gasteiger partial charge in [-0.3, -0.25) is 0 Å². The Hall–Kier alpha value is -1.94. The number of anilines is 2. The minimum atomic E-state index is 0.676. The number of hydrogen-bond donors (Lipinski definition) is 1. The average molecular weight is 256 g/mol. The van der Waals surface area contributed by atoms with Gasteiger partial charge in [-0.05, 0) is 31.5 Å². The molecule has 2 N–H and O–H groups in total. The minimum absolute atomic E-state index is 0.676. The number of nitrogens with zero attached hydrogens (tertiary/aromatic N) is 3. The van der Waals surface area contributed by atoms with Gasteiger partial charge in [0.2, 0.25) is 0 Å². The Morgan fingerprint density at radius 2 is 1.95 bits per heavy atom. The summed E-state index contributed by atoms with van der Waals surface area (Å²) in [5.74, 6) is 0.937. The third-order valence-electron chi connectivity index (χ3n) is 3.00. The molecule has 0 saturated heterocycles. The average Bonchev–Trinajstić information content (AvgIpc) is 2.49. The quantitative estimate of drug-likeness (QED) is 0.863. The maximum atomic E-state index is 5.63. The molecule has 0 amide bonds. The van der Waals surface area contributed by atoms with Gasteiger partial charge in [-0.1, -0.05) is 25.1 Å². The van der Waals surface area contributed by atoms with E-state index in [1.807, 2.05) is 24.3 Å². The summed E-state index contributed by atoms with van der Waals surface area (Å²) in [6.07, 6.45) is 3.47. The number of nitrogens with two attached hydrogens (primary N) is 1. The van der Waals surface area contributed by atoms with Crippen molar-refractivity contribution in [3.63, 3.8) is 0 Å². The molecule has 0 atom stereocenters.